The second-order valence-electron chi connectivity index (χ2n) is 5.97. The van der Waals surface area contributed by atoms with Crippen LogP contribution in [0.5, 0.6) is 0 Å². The van der Waals surface area contributed by atoms with Crippen LogP contribution in [0.15, 0.2) is 12.1 Å². The van der Waals surface area contributed by atoms with E-state index in [2.05, 4.69) is 39.6 Å². The predicted molar refractivity (Wildman–Crippen MR) is 77.5 cm³/mol. The Morgan fingerprint density at radius 1 is 1.16 bits per heavy atom. The van der Waals surface area contributed by atoms with Crippen LogP contribution < -0.4 is 10.2 Å². The summed E-state index contributed by atoms with van der Waals surface area (Å²) >= 11 is 0. The van der Waals surface area contributed by atoms with E-state index in [0.717, 1.165) is 18.9 Å². The van der Waals surface area contributed by atoms with Crippen LogP contribution in [0.4, 0.5) is 5.82 Å². The summed E-state index contributed by atoms with van der Waals surface area (Å²) in [6.07, 6.45) is 7.84. The number of hydrogen-bond acceptors (Lipinski definition) is 4. The van der Waals surface area contributed by atoms with Gasteiger partial charge in [0, 0.05) is 25.6 Å². The highest BCUT2D eigenvalue weighted by atomic mass is 15.3. The molecule has 1 aromatic rings. The van der Waals surface area contributed by atoms with E-state index in [-0.39, 0.29) is 0 Å². The monoisotopic (exact) mass is 260 g/mol. The highest BCUT2D eigenvalue weighted by Crippen LogP contribution is 2.32. The number of hydrogen-bond donors (Lipinski definition) is 1. The van der Waals surface area contributed by atoms with Gasteiger partial charge in [-0.25, -0.2) is 0 Å². The second kappa shape index (κ2) is 5.87. The zero-order valence-electron chi connectivity index (χ0n) is 11.8. The van der Waals surface area contributed by atoms with Gasteiger partial charge in [-0.3, -0.25) is 0 Å². The number of aromatic nitrogens is 2. The molecule has 1 saturated carbocycles. The summed E-state index contributed by atoms with van der Waals surface area (Å²) in [6, 6.07) is 4.92. The summed E-state index contributed by atoms with van der Waals surface area (Å²) < 4.78 is 0. The van der Waals surface area contributed by atoms with Crippen LogP contribution in [0.1, 0.15) is 50.1 Å². The van der Waals surface area contributed by atoms with Gasteiger partial charge in [0.15, 0.2) is 5.82 Å². The third kappa shape index (κ3) is 3.06. The molecule has 0 radical (unpaired) electrons. The summed E-state index contributed by atoms with van der Waals surface area (Å²) in [4.78, 5) is 2.22. The van der Waals surface area contributed by atoms with Crippen molar-refractivity contribution < 1.29 is 0 Å². The van der Waals surface area contributed by atoms with Crippen LogP contribution in [0.25, 0.3) is 0 Å². The first-order valence-corrected chi connectivity index (χ1v) is 7.61. The highest BCUT2D eigenvalue weighted by molar-refractivity contribution is 5.37. The van der Waals surface area contributed by atoms with Crippen LogP contribution in [-0.2, 0) is 0 Å². The molecule has 4 heteroatoms. The van der Waals surface area contributed by atoms with Gasteiger partial charge >= 0.3 is 0 Å². The molecule has 2 heterocycles. The molecule has 1 N–H and O–H groups in total. The lowest BCUT2D eigenvalue weighted by Crippen LogP contribution is -2.35. The topological polar surface area (TPSA) is 41.0 Å². The zero-order valence-corrected chi connectivity index (χ0v) is 11.8. The Morgan fingerprint density at radius 3 is 2.63 bits per heavy atom. The second-order valence-corrected chi connectivity index (χ2v) is 5.97. The molecular weight excluding hydrogens is 236 g/mol. The fourth-order valence-corrected chi connectivity index (χ4v) is 3.32. The Labute approximate surface area is 115 Å². The van der Waals surface area contributed by atoms with E-state index in [9.17, 15) is 0 Å². The highest BCUT2D eigenvalue weighted by Gasteiger charge is 2.20. The van der Waals surface area contributed by atoms with E-state index in [4.69, 9.17) is 0 Å². The van der Waals surface area contributed by atoms with Crippen LogP contribution in [0.2, 0.25) is 0 Å². The maximum Gasteiger partial charge on any atom is 0.151 e. The molecular formula is C15H24N4. The van der Waals surface area contributed by atoms with Gasteiger partial charge in [-0.2, -0.15) is 5.10 Å². The number of likely N-dealkylation sites (N-methyl/N-ethyl adjacent to an activating group) is 1. The number of anilines is 1. The standard InChI is InChI=1S/C15H24N4/c1-19(11-13-7-4-10-16-13)15-9-8-14(17-18-15)12-5-2-3-6-12/h8-9,12-13,16H,2-7,10-11H2,1H3. The van der Waals surface area contributed by atoms with Crippen molar-refractivity contribution >= 4 is 5.82 Å². The average molecular weight is 260 g/mol. The van der Waals surface area contributed by atoms with Crippen molar-refractivity contribution in [1.82, 2.24) is 15.5 Å². The van der Waals surface area contributed by atoms with Crippen molar-refractivity contribution in [1.29, 1.82) is 0 Å². The number of rotatable bonds is 4. The fraction of sp³-hybridized carbons (Fsp3) is 0.733. The third-order valence-corrected chi connectivity index (χ3v) is 4.49. The minimum Gasteiger partial charge on any atom is -0.357 e. The molecule has 1 atom stereocenters. The van der Waals surface area contributed by atoms with Crippen LogP contribution in [-0.4, -0.2) is 36.4 Å². The average Bonchev–Trinajstić information content (AvgIpc) is 3.12. The van der Waals surface area contributed by atoms with Crippen molar-refractivity contribution in [3.63, 3.8) is 0 Å². The first kappa shape index (κ1) is 12.9. The Bertz CT molecular complexity index is 391. The zero-order chi connectivity index (χ0) is 13.1. The summed E-state index contributed by atoms with van der Waals surface area (Å²) in [6.45, 7) is 2.18. The van der Waals surface area contributed by atoms with Gasteiger partial charge in [0.2, 0.25) is 0 Å². The first-order chi connectivity index (χ1) is 9.33. The minimum atomic E-state index is 0.612. The SMILES string of the molecule is CN(CC1CCCN1)c1ccc(C2CCCC2)nn1. The Hall–Kier alpha value is -1.16. The van der Waals surface area contributed by atoms with Crippen LogP contribution in [0, 0.1) is 0 Å². The van der Waals surface area contributed by atoms with Gasteiger partial charge in [-0.1, -0.05) is 12.8 Å². The molecule has 2 aliphatic rings. The quantitative estimate of drug-likeness (QED) is 0.902. The Kier molecular flexibility index (Phi) is 3.97. The molecule has 104 valence electrons. The lowest BCUT2D eigenvalue weighted by atomic mass is 10.0. The maximum atomic E-state index is 4.44. The van der Waals surface area contributed by atoms with E-state index in [1.807, 2.05) is 0 Å². The van der Waals surface area contributed by atoms with Crippen molar-refractivity contribution in [2.75, 3.05) is 25.0 Å². The van der Waals surface area contributed by atoms with Gasteiger partial charge in [0.1, 0.15) is 0 Å². The predicted octanol–water partition coefficient (Wildman–Crippen LogP) is 2.32. The Morgan fingerprint density at radius 2 is 2.00 bits per heavy atom. The summed E-state index contributed by atoms with van der Waals surface area (Å²) in [5, 5.41) is 12.4. The summed E-state index contributed by atoms with van der Waals surface area (Å²) in [5.41, 5.74) is 1.19. The maximum absolute atomic E-state index is 4.44. The molecule has 0 aromatic carbocycles. The molecule has 19 heavy (non-hydrogen) atoms. The number of nitrogens with one attached hydrogen (secondary N) is 1. The van der Waals surface area contributed by atoms with E-state index >= 15 is 0 Å². The summed E-state index contributed by atoms with van der Waals surface area (Å²) in [5.74, 6) is 1.65. The van der Waals surface area contributed by atoms with Crippen molar-refractivity contribution in [2.24, 2.45) is 0 Å². The molecule has 3 rings (SSSR count). The van der Waals surface area contributed by atoms with Crippen LogP contribution in [0.3, 0.4) is 0 Å². The number of nitrogens with zero attached hydrogens (tertiary/aromatic N) is 3. The van der Waals surface area contributed by atoms with E-state index in [1.54, 1.807) is 0 Å². The van der Waals surface area contributed by atoms with Crippen molar-refractivity contribution in [2.45, 2.75) is 50.5 Å². The molecule has 1 aliphatic carbocycles. The first-order valence-electron chi connectivity index (χ1n) is 7.61. The van der Waals surface area contributed by atoms with Crippen molar-refractivity contribution in [3.8, 4) is 0 Å². The molecule has 0 spiro atoms. The summed E-state index contributed by atoms with van der Waals surface area (Å²) in [7, 11) is 2.11. The third-order valence-electron chi connectivity index (χ3n) is 4.49. The van der Waals surface area contributed by atoms with Crippen molar-refractivity contribution in [3.05, 3.63) is 17.8 Å². The fourth-order valence-electron chi connectivity index (χ4n) is 3.32. The normalized spacial score (nSPS) is 23.9. The molecule has 1 aliphatic heterocycles. The lowest BCUT2D eigenvalue weighted by molar-refractivity contribution is 0.594. The largest absolute Gasteiger partial charge is 0.357 e. The molecule has 1 saturated heterocycles. The molecule has 0 bridgehead atoms. The van der Waals surface area contributed by atoms with Gasteiger partial charge in [0.05, 0.1) is 5.69 Å². The van der Waals surface area contributed by atoms with Gasteiger partial charge in [-0.05, 0) is 44.4 Å². The van der Waals surface area contributed by atoms with Gasteiger partial charge in [-0.15, -0.1) is 5.10 Å². The van der Waals surface area contributed by atoms with E-state index in [0.29, 0.717) is 12.0 Å². The van der Waals surface area contributed by atoms with Gasteiger partial charge in [0.25, 0.3) is 0 Å². The van der Waals surface area contributed by atoms with E-state index < -0.39 is 0 Å². The van der Waals surface area contributed by atoms with Gasteiger partial charge < -0.3 is 10.2 Å². The van der Waals surface area contributed by atoms with E-state index in [1.165, 1.54) is 44.2 Å². The molecule has 4 nitrogen and oxygen atoms in total. The molecule has 1 aromatic heterocycles. The van der Waals surface area contributed by atoms with Crippen LogP contribution >= 0.6 is 0 Å². The smallest absolute Gasteiger partial charge is 0.151 e. The Balaban J connectivity index is 1.60. The molecule has 2 fully saturated rings. The lowest BCUT2D eigenvalue weighted by Gasteiger charge is -2.22. The molecule has 0 amide bonds. The molecule has 1 unspecified atom stereocenters. The minimum absolute atomic E-state index is 0.612.